The number of thiophene rings is 1. The molecule has 0 amide bonds. The molecule has 2 rings (SSSR count). The van der Waals surface area contributed by atoms with Gasteiger partial charge in [0.25, 0.3) is 0 Å². The second-order valence-corrected chi connectivity index (χ2v) is 4.19. The third kappa shape index (κ3) is 1.72. The molecular formula is C12H12OS. The molecule has 0 bridgehead atoms. The van der Waals surface area contributed by atoms with Gasteiger partial charge in [-0.3, -0.25) is 0 Å². The van der Waals surface area contributed by atoms with Gasteiger partial charge in [0.1, 0.15) is 0 Å². The molecule has 14 heavy (non-hydrogen) atoms. The molecule has 0 fully saturated rings. The molecule has 1 atom stereocenters. The summed E-state index contributed by atoms with van der Waals surface area (Å²) in [5.41, 5.74) is 2.13. The van der Waals surface area contributed by atoms with Crippen LogP contribution in [0.4, 0.5) is 0 Å². The molecule has 1 aromatic carbocycles. The zero-order valence-electron chi connectivity index (χ0n) is 7.97. The molecule has 1 heterocycles. The molecule has 0 saturated carbocycles. The summed E-state index contributed by atoms with van der Waals surface area (Å²) in [7, 11) is 0. The van der Waals surface area contributed by atoms with E-state index in [4.69, 9.17) is 0 Å². The summed E-state index contributed by atoms with van der Waals surface area (Å²) in [6, 6.07) is 12.1. The van der Waals surface area contributed by atoms with Gasteiger partial charge in [-0.1, -0.05) is 30.3 Å². The Morgan fingerprint density at radius 2 is 1.93 bits per heavy atom. The summed E-state index contributed by atoms with van der Waals surface area (Å²) in [5, 5.41) is 11.7. The fourth-order valence-electron chi connectivity index (χ4n) is 1.52. The lowest BCUT2D eigenvalue weighted by Crippen LogP contribution is -1.93. The molecule has 1 N–H and O–H groups in total. The van der Waals surface area contributed by atoms with Crippen LogP contribution < -0.4 is 0 Å². The fraction of sp³-hybridized carbons (Fsp3) is 0.167. The van der Waals surface area contributed by atoms with Crippen molar-refractivity contribution in [1.82, 2.24) is 0 Å². The van der Waals surface area contributed by atoms with Crippen molar-refractivity contribution in [3.05, 3.63) is 47.3 Å². The van der Waals surface area contributed by atoms with Gasteiger partial charge in [-0.05, 0) is 29.5 Å². The Hall–Kier alpha value is -1.12. The summed E-state index contributed by atoms with van der Waals surface area (Å²) in [6.07, 6.45) is -0.409. The van der Waals surface area contributed by atoms with Crippen molar-refractivity contribution in [2.45, 2.75) is 13.0 Å². The van der Waals surface area contributed by atoms with E-state index in [2.05, 4.69) is 6.07 Å². The fourth-order valence-corrected chi connectivity index (χ4v) is 2.29. The third-order valence-corrected chi connectivity index (χ3v) is 3.10. The number of hydrogen-bond donors (Lipinski definition) is 1. The van der Waals surface area contributed by atoms with E-state index < -0.39 is 6.10 Å². The number of aliphatic hydroxyl groups is 1. The standard InChI is InChI=1S/C12H12OS/c1-9(13)10-5-2-3-6-11(10)12-7-4-8-14-12/h2-9,13H,1H3. The Balaban J connectivity index is 2.53. The van der Waals surface area contributed by atoms with Crippen LogP contribution in [0.5, 0.6) is 0 Å². The molecule has 2 heteroatoms. The largest absolute Gasteiger partial charge is 0.389 e. The number of aliphatic hydroxyl groups excluding tert-OH is 1. The van der Waals surface area contributed by atoms with Crippen LogP contribution in [0.2, 0.25) is 0 Å². The summed E-state index contributed by atoms with van der Waals surface area (Å²) in [4.78, 5) is 1.21. The quantitative estimate of drug-likeness (QED) is 0.794. The maximum absolute atomic E-state index is 9.61. The Bertz CT molecular complexity index is 404. The van der Waals surface area contributed by atoms with Gasteiger partial charge in [0.05, 0.1) is 6.10 Å². The zero-order chi connectivity index (χ0) is 9.97. The third-order valence-electron chi connectivity index (χ3n) is 2.20. The Kier molecular flexibility index (Phi) is 2.66. The van der Waals surface area contributed by atoms with Gasteiger partial charge in [-0.2, -0.15) is 0 Å². The van der Waals surface area contributed by atoms with E-state index in [0.717, 1.165) is 11.1 Å². The summed E-state index contributed by atoms with van der Waals surface area (Å²) >= 11 is 1.70. The predicted octanol–water partition coefficient (Wildman–Crippen LogP) is 3.47. The Morgan fingerprint density at radius 3 is 2.57 bits per heavy atom. The monoisotopic (exact) mass is 204 g/mol. The smallest absolute Gasteiger partial charge is 0.0768 e. The Labute approximate surface area is 87.7 Å². The van der Waals surface area contributed by atoms with Crippen LogP contribution in [0.1, 0.15) is 18.6 Å². The molecule has 0 radical (unpaired) electrons. The molecule has 0 aliphatic heterocycles. The van der Waals surface area contributed by atoms with E-state index in [1.165, 1.54) is 4.88 Å². The van der Waals surface area contributed by atoms with Crippen molar-refractivity contribution in [3.8, 4) is 10.4 Å². The predicted molar refractivity (Wildman–Crippen MR) is 60.4 cm³/mol. The summed E-state index contributed by atoms with van der Waals surface area (Å²) < 4.78 is 0. The molecule has 1 nitrogen and oxygen atoms in total. The van der Waals surface area contributed by atoms with Gasteiger partial charge in [0.2, 0.25) is 0 Å². The van der Waals surface area contributed by atoms with Crippen molar-refractivity contribution >= 4 is 11.3 Å². The first-order chi connectivity index (χ1) is 6.79. The van der Waals surface area contributed by atoms with Crippen molar-refractivity contribution in [2.24, 2.45) is 0 Å². The molecule has 72 valence electrons. The van der Waals surface area contributed by atoms with Crippen LogP contribution in [-0.2, 0) is 0 Å². The molecule has 0 saturated heterocycles. The van der Waals surface area contributed by atoms with Crippen LogP contribution >= 0.6 is 11.3 Å². The molecule has 1 aromatic heterocycles. The maximum atomic E-state index is 9.61. The van der Waals surface area contributed by atoms with Crippen LogP contribution in [0.15, 0.2) is 41.8 Å². The second-order valence-electron chi connectivity index (χ2n) is 3.24. The highest BCUT2D eigenvalue weighted by atomic mass is 32.1. The topological polar surface area (TPSA) is 20.2 Å². The van der Waals surface area contributed by atoms with Crippen LogP contribution in [0.25, 0.3) is 10.4 Å². The van der Waals surface area contributed by atoms with Gasteiger partial charge >= 0.3 is 0 Å². The minimum Gasteiger partial charge on any atom is -0.389 e. The van der Waals surface area contributed by atoms with E-state index in [0.29, 0.717) is 0 Å². The van der Waals surface area contributed by atoms with Crippen molar-refractivity contribution < 1.29 is 5.11 Å². The highest BCUT2D eigenvalue weighted by Gasteiger charge is 2.08. The second kappa shape index (κ2) is 3.95. The minimum absolute atomic E-state index is 0.409. The van der Waals surface area contributed by atoms with Crippen LogP contribution in [0.3, 0.4) is 0 Å². The molecule has 2 aromatic rings. The van der Waals surface area contributed by atoms with E-state index >= 15 is 0 Å². The average Bonchev–Trinajstić information content (AvgIpc) is 2.70. The van der Waals surface area contributed by atoms with Crippen molar-refractivity contribution in [3.63, 3.8) is 0 Å². The van der Waals surface area contributed by atoms with Gasteiger partial charge in [-0.15, -0.1) is 11.3 Å². The molecular weight excluding hydrogens is 192 g/mol. The molecule has 0 aliphatic carbocycles. The maximum Gasteiger partial charge on any atom is 0.0768 e. The Morgan fingerprint density at radius 1 is 1.14 bits per heavy atom. The number of rotatable bonds is 2. The van der Waals surface area contributed by atoms with Gasteiger partial charge in [-0.25, -0.2) is 0 Å². The van der Waals surface area contributed by atoms with Crippen molar-refractivity contribution in [2.75, 3.05) is 0 Å². The first-order valence-electron chi connectivity index (χ1n) is 4.60. The van der Waals surface area contributed by atoms with Crippen molar-refractivity contribution in [1.29, 1.82) is 0 Å². The molecule has 0 spiro atoms. The normalized spacial score (nSPS) is 12.7. The zero-order valence-corrected chi connectivity index (χ0v) is 8.79. The number of benzene rings is 1. The van der Waals surface area contributed by atoms with E-state index in [1.54, 1.807) is 18.3 Å². The first kappa shape index (κ1) is 9.44. The highest BCUT2D eigenvalue weighted by Crippen LogP contribution is 2.30. The summed E-state index contributed by atoms with van der Waals surface area (Å²) in [6.45, 7) is 1.80. The molecule has 1 unspecified atom stereocenters. The van der Waals surface area contributed by atoms with E-state index in [-0.39, 0.29) is 0 Å². The SMILES string of the molecule is CC(O)c1ccccc1-c1cccs1. The average molecular weight is 204 g/mol. The highest BCUT2D eigenvalue weighted by molar-refractivity contribution is 7.13. The van der Waals surface area contributed by atoms with Gasteiger partial charge in [0, 0.05) is 4.88 Å². The minimum atomic E-state index is -0.409. The summed E-state index contributed by atoms with van der Waals surface area (Å²) in [5.74, 6) is 0. The molecule has 0 aliphatic rings. The lowest BCUT2D eigenvalue weighted by Gasteiger charge is -2.09. The lowest BCUT2D eigenvalue weighted by molar-refractivity contribution is 0.200. The van der Waals surface area contributed by atoms with Crippen LogP contribution in [0, 0.1) is 0 Å². The van der Waals surface area contributed by atoms with E-state index in [1.807, 2.05) is 35.7 Å². The van der Waals surface area contributed by atoms with Gasteiger partial charge in [0.15, 0.2) is 0 Å². The number of hydrogen-bond acceptors (Lipinski definition) is 2. The first-order valence-corrected chi connectivity index (χ1v) is 5.48. The van der Waals surface area contributed by atoms with E-state index in [9.17, 15) is 5.11 Å². The van der Waals surface area contributed by atoms with Crippen LogP contribution in [-0.4, -0.2) is 5.11 Å². The lowest BCUT2D eigenvalue weighted by atomic mass is 10.0. The van der Waals surface area contributed by atoms with Gasteiger partial charge < -0.3 is 5.11 Å².